The summed E-state index contributed by atoms with van der Waals surface area (Å²) >= 11 is 8.79. The summed E-state index contributed by atoms with van der Waals surface area (Å²) in [6.07, 6.45) is 0. The molecule has 2 aromatic carbocycles. The Kier molecular flexibility index (Phi) is 5.15. The van der Waals surface area contributed by atoms with Crippen molar-refractivity contribution < 1.29 is 0 Å². The third kappa shape index (κ3) is 4.32. The molecule has 0 aliphatic heterocycles. The van der Waals surface area contributed by atoms with Gasteiger partial charge in [0.15, 0.2) is 5.11 Å². The maximum atomic E-state index is 5.35. The number of hydrogen-bond acceptors (Lipinski definition) is 1. The van der Waals surface area contributed by atoms with Crippen LogP contribution in [0.3, 0.4) is 0 Å². The fourth-order valence-corrected chi connectivity index (χ4v) is 2.48. The Hall–Kier alpha value is -1.39. The zero-order valence-corrected chi connectivity index (χ0v) is 13.9. The molecule has 2 nitrogen and oxygen atoms in total. The first-order valence-corrected chi connectivity index (χ1v) is 7.64. The van der Waals surface area contributed by atoms with Crippen LogP contribution in [-0.4, -0.2) is 5.11 Å². The lowest BCUT2D eigenvalue weighted by molar-refractivity contribution is 0.722. The highest BCUT2D eigenvalue weighted by Gasteiger charge is 2.07. The summed E-state index contributed by atoms with van der Waals surface area (Å²) in [5.41, 5.74) is 3.41. The van der Waals surface area contributed by atoms with Gasteiger partial charge in [-0.15, -0.1) is 0 Å². The molecule has 0 heterocycles. The first-order chi connectivity index (χ1) is 9.54. The molecule has 0 unspecified atom stereocenters. The highest BCUT2D eigenvalue weighted by atomic mass is 79.9. The average molecular weight is 349 g/mol. The van der Waals surface area contributed by atoms with Crippen molar-refractivity contribution in [1.29, 1.82) is 0 Å². The maximum Gasteiger partial charge on any atom is 0.171 e. The summed E-state index contributed by atoms with van der Waals surface area (Å²) in [5, 5.41) is 7.13. The van der Waals surface area contributed by atoms with Crippen LogP contribution in [0, 0.1) is 6.92 Å². The Balaban J connectivity index is 1.95. The summed E-state index contributed by atoms with van der Waals surface area (Å²) in [5.74, 6) is 0. The van der Waals surface area contributed by atoms with E-state index in [1.807, 2.05) is 24.3 Å². The molecule has 2 rings (SSSR count). The third-order valence-electron chi connectivity index (χ3n) is 2.99. The van der Waals surface area contributed by atoms with Crippen LogP contribution in [0.5, 0.6) is 0 Å². The van der Waals surface area contributed by atoms with E-state index in [0.29, 0.717) is 5.11 Å². The Morgan fingerprint density at radius 3 is 2.50 bits per heavy atom. The van der Waals surface area contributed by atoms with Crippen molar-refractivity contribution in [3.8, 4) is 0 Å². The van der Waals surface area contributed by atoms with Crippen LogP contribution in [-0.2, 0) is 0 Å². The van der Waals surface area contributed by atoms with Crippen molar-refractivity contribution in [3.05, 3.63) is 64.1 Å². The summed E-state index contributed by atoms with van der Waals surface area (Å²) < 4.78 is 1.08. The van der Waals surface area contributed by atoms with E-state index in [0.717, 1.165) is 10.2 Å². The van der Waals surface area contributed by atoms with Crippen molar-refractivity contribution in [2.75, 3.05) is 5.32 Å². The molecule has 0 saturated carbocycles. The molecule has 0 radical (unpaired) electrons. The molecule has 0 saturated heterocycles. The van der Waals surface area contributed by atoms with E-state index < -0.39 is 0 Å². The van der Waals surface area contributed by atoms with Crippen molar-refractivity contribution in [1.82, 2.24) is 5.32 Å². The number of benzene rings is 2. The maximum absolute atomic E-state index is 5.35. The van der Waals surface area contributed by atoms with Crippen LogP contribution in [0.1, 0.15) is 24.1 Å². The first kappa shape index (κ1) is 15.0. The lowest BCUT2D eigenvalue weighted by Gasteiger charge is -2.17. The number of halogens is 1. The molecule has 20 heavy (non-hydrogen) atoms. The fraction of sp³-hybridized carbons (Fsp3) is 0.188. The second-order valence-corrected chi connectivity index (χ2v) is 6.07. The molecular weight excluding hydrogens is 332 g/mol. The molecule has 104 valence electrons. The molecule has 1 atom stereocenters. The number of anilines is 1. The minimum Gasteiger partial charge on any atom is -0.356 e. The molecule has 0 bridgehead atoms. The zero-order valence-electron chi connectivity index (χ0n) is 11.5. The van der Waals surface area contributed by atoms with E-state index in [1.54, 1.807) is 0 Å². The Bertz CT molecular complexity index is 596. The molecule has 0 aliphatic rings. The van der Waals surface area contributed by atoms with Crippen LogP contribution in [0.4, 0.5) is 5.69 Å². The Morgan fingerprint density at radius 1 is 1.15 bits per heavy atom. The summed E-state index contributed by atoms with van der Waals surface area (Å²) in [7, 11) is 0. The van der Waals surface area contributed by atoms with Gasteiger partial charge in [0.1, 0.15) is 0 Å². The minimum absolute atomic E-state index is 0.160. The molecular formula is C16H17BrN2S. The smallest absolute Gasteiger partial charge is 0.171 e. The largest absolute Gasteiger partial charge is 0.356 e. The van der Waals surface area contributed by atoms with Crippen LogP contribution in [0.25, 0.3) is 0 Å². The minimum atomic E-state index is 0.160. The van der Waals surface area contributed by atoms with Gasteiger partial charge in [-0.25, -0.2) is 0 Å². The number of nitrogens with one attached hydrogen (secondary N) is 2. The third-order valence-corrected chi connectivity index (χ3v) is 3.74. The second-order valence-electron chi connectivity index (χ2n) is 4.74. The van der Waals surface area contributed by atoms with Crippen LogP contribution in [0.2, 0.25) is 0 Å². The van der Waals surface area contributed by atoms with E-state index in [9.17, 15) is 0 Å². The van der Waals surface area contributed by atoms with E-state index in [4.69, 9.17) is 12.2 Å². The predicted molar refractivity (Wildman–Crippen MR) is 93.1 cm³/mol. The van der Waals surface area contributed by atoms with Gasteiger partial charge in [0.25, 0.3) is 0 Å². The SMILES string of the molecule is Cc1cccc(NC(=S)N[C@@H](C)c2ccc(Br)cc2)c1. The van der Waals surface area contributed by atoms with Gasteiger partial charge in [-0.1, -0.05) is 40.2 Å². The molecule has 0 spiro atoms. The van der Waals surface area contributed by atoms with Gasteiger partial charge in [-0.05, 0) is 61.5 Å². The van der Waals surface area contributed by atoms with Gasteiger partial charge < -0.3 is 10.6 Å². The van der Waals surface area contributed by atoms with Crippen LogP contribution in [0.15, 0.2) is 53.0 Å². The Labute approximate surface area is 133 Å². The molecule has 0 fully saturated rings. The summed E-state index contributed by atoms with van der Waals surface area (Å²) in [4.78, 5) is 0. The van der Waals surface area contributed by atoms with Crippen LogP contribution < -0.4 is 10.6 Å². The monoisotopic (exact) mass is 348 g/mol. The topological polar surface area (TPSA) is 24.1 Å². The molecule has 0 aliphatic carbocycles. The van der Waals surface area contributed by atoms with Gasteiger partial charge >= 0.3 is 0 Å². The Morgan fingerprint density at radius 2 is 1.85 bits per heavy atom. The van der Waals surface area contributed by atoms with Gasteiger partial charge in [-0.2, -0.15) is 0 Å². The molecule has 2 aromatic rings. The van der Waals surface area contributed by atoms with Crippen molar-refractivity contribution >= 4 is 38.9 Å². The van der Waals surface area contributed by atoms with Gasteiger partial charge in [0.2, 0.25) is 0 Å². The number of aryl methyl sites for hydroxylation is 1. The zero-order chi connectivity index (χ0) is 14.5. The van der Waals surface area contributed by atoms with E-state index in [2.05, 4.69) is 64.7 Å². The summed E-state index contributed by atoms with van der Waals surface area (Å²) in [6, 6.07) is 16.5. The van der Waals surface area contributed by atoms with Gasteiger partial charge in [0.05, 0.1) is 6.04 Å². The predicted octanol–water partition coefficient (Wildman–Crippen LogP) is 4.81. The molecule has 2 N–H and O–H groups in total. The van der Waals surface area contributed by atoms with E-state index in [-0.39, 0.29) is 6.04 Å². The highest BCUT2D eigenvalue weighted by molar-refractivity contribution is 9.10. The number of rotatable bonds is 3. The summed E-state index contributed by atoms with van der Waals surface area (Å²) in [6.45, 7) is 4.15. The second kappa shape index (κ2) is 6.86. The first-order valence-electron chi connectivity index (χ1n) is 6.44. The van der Waals surface area contributed by atoms with Gasteiger partial charge in [0, 0.05) is 10.2 Å². The number of hydrogen-bond donors (Lipinski definition) is 2. The van der Waals surface area contributed by atoms with E-state index >= 15 is 0 Å². The van der Waals surface area contributed by atoms with Gasteiger partial charge in [-0.3, -0.25) is 0 Å². The van der Waals surface area contributed by atoms with E-state index in [1.165, 1.54) is 11.1 Å². The van der Waals surface area contributed by atoms with Crippen molar-refractivity contribution in [3.63, 3.8) is 0 Å². The highest BCUT2D eigenvalue weighted by Crippen LogP contribution is 2.17. The fourth-order valence-electron chi connectivity index (χ4n) is 1.92. The normalized spacial score (nSPS) is 11.8. The standard InChI is InChI=1S/C16H17BrN2S/c1-11-4-3-5-15(10-11)19-16(20)18-12(2)13-6-8-14(17)9-7-13/h3-10,12H,1-2H3,(H2,18,19,20)/t12-/m0/s1. The lowest BCUT2D eigenvalue weighted by atomic mass is 10.1. The van der Waals surface area contributed by atoms with Crippen molar-refractivity contribution in [2.45, 2.75) is 19.9 Å². The van der Waals surface area contributed by atoms with Crippen molar-refractivity contribution in [2.24, 2.45) is 0 Å². The molecule has 0 amide bonds. The number of thiocarbonyl (C=S) groups is 1. The lowest BCUT2D eigenvalue weighted by Crippen LogP contribution is -2.30. The average Bonchev–Trinajstić information content (AvgIpc) is 2.39. The quantitative estimate of drug-likeness (QED) is 0.778. The molecule has 4 heteroatoms. The van der Waals surface area contributed by atoms with Crippen LogP contribution >= 0.6 is 28.1 Å². The molecule has 0 aromatic heterocycles.